The van der Waals surface area contributed by atoms with Gasteiger partial charge in [0.25, 0.3) is 0 Å². The summed E-state index contributed by atoms with van der Waals surface area (Å²) in [6.45, 7) is 4.01. The van der Waals surface area contributed by atoms with E-state index in [2.05, 4.69) is 22.2 Å². The van der Waals surface area contributed by atoms with Crippen LogP contribution in [0, 0.1) is 0 Å². The number of nitrogens with zero attached hydrogens (tertiary/aromatic N) is 4. The van der Waals surface area contributed by atoms with Gasteiger partial charge in [0.2, 0.25) is 5.91 Å². The Hall–Kier alpha value is -1.85. The topological polar surface area (TPSA) is 61.4 Å². The molecule has 1 aromatic rings. The zero-order valence-electron chi connectivity index (χ0n) is 11.1. The lowest BCUT2D eigenvalue weighted by atomic mass is 10.2. The standard InChI is InChI=1S/C12H19N5O/c1-4-9-11(13-2)14-8-15-12(9)17-6-5-16(3)10(18)7-17/h8H,4-7H2,1-3H3,(H,13,14,15). The van der Waals surface area contributed by atoms with Crippen LogP contribution in [0.5, 0.6) is 0 Å². The number of aromatic nitrogens is 2. The van der Waals surface area contributed by atoms with Crippen LogP contribution in [-0.2, 0) is 11.2 Å². The van der Waals surface area contributed by atoms with E-state index in [-0.39, 0.29) is 5.91 Å². The molecular formula is C12H19N5O. The van der Waals surface area contributed by atoms with Crippen LogP contribution in [-0.4, -0.2) is 54.5 Å². The van der Waals surface area contributed by atoms with Gasteiger partial charge >= 0.3 is 0 Å². The lowest BCUT2D eigenvalue weighted by Crippen LogP contribution is -2.49. The molecule has 98 valence electrons. The van der Waals surface area contributed by atoms with Crippen LogP contribution in [0.3, 0.4) is 0 Å². The van der Waals surface area contributed by atoms with Crippen LogP contribution in [0.25, 0.3) is 0 Å². The summed E-state index contributed by atoms with van der Waals surface area (Å²) in [5, 5.41) is 3.07. The van der Waals surface area contributed by atoms with E-state index in [1.807, 2.05) is 19.0 Å². The van der Waals surface area contributed by atoms with Gasteiger partial charge in [-0.2, -0.15) is 0 Å². The molecule has 18 heavy (non-hydrogen) atoms. The number of likely N-dealkylation sites (N-methyl/N-ethyl adjacent to an activating group) is 1. The molecule has 6 nitrogen and oxygen atoms in total. The zero-order chi connectivity index (χ0) is 13.1. The molecule has 1 amide bonds. The third-order valence-electron chi connectivity index (χ3n) is 3.27. The number of carbonyl (C=O) groups is 1. The van der Waals surface area contributed by atoms with E-state index >= 15 is 0 Å². The second-order valence-electron chi connectivity index (χ2n) is 4.36. The SMILES string of the molecule is CCc1c(NC)ncnc1N1CCN(C)C(=O)C1. The first kappa shape index (κ1) is 12.6. The Morgan fingerprint density at radius 1 is 1.39 bits per heavy atom. The maximum absolute atomic E-state index is 11.8. The Bertz CT molecular complexity index is 448. The maximum atomic E-state index is 11.8. The molecule has 1 aliphatic rings. The van der Waals surface area contributed by atoms with Crippen LogP contribution < -0.4 is 10.2 Å². The third-order valence-corrected chi connectivity index (χ3v) is 3.27. The van der Waals surface area contributed by atoms with Crippen molar-refractivity contribution in [1.29, 1.82) is 0 Å². The van der Waals surface area contributed by atoms with Crippen molar-refractivity contribution in [1.82, 2.24) is 14.9 Å². The van der Waals surface area contributed by atoms with E-state index in [0.717, 1.165) is 36.7 Å². The number of hydrogen-bond donors (Lipinski definition) is 1. The highest BCUT2D eigenvalue weighted by molar-refractivity contribution is 5.82. The molecule has 1 N–H and O–H groups in total. The van der Waals surface area contributed by atoms with Gasteiger partial charge in [-0.3, -0.25) is 4.79 Å². The van der Waals surface area contributed by atoms with Gasteiger partial charge in [0, 0.05) is 32.7 Å². The molecule has 2 rings (SSSR count). The molecule has 2 heterocycles. The van der Waals surface area contributed by atoms with E-state index < -0.39 is 0 Å². The molecule has 0 spiro atoms. The second-order valence-corrected chi connectivity index (χ2v) is 4.36. The van der Waals surface area contributed by atoms with E-state index in [9.17, 15) is 4.79 Å². The Balaban J connectivity index is 2.30. The summed E-state index contributed by atoms with van der Waals surface area (Å²) >= 11 is 0. The minimum atomic E-state index is 0.132. The molecule has 0 atom stereocenters. The van der Waals surface area contributed by atoms with Crippen molar-refractivity contribution in [3.63, 3.8) is 0 Å². The molecule has 0 radical (unpaired) electrons. The Morgan fingerprint density at radius 3 is 2.78 bits per heavy atom. The molecule has 1 aliphatic heterocycles. The van der Waals surface area contributed by atoms with Crippen LogP contribution in [0.2, 0.25) is 0 Å². The summed E-state index contributed by atoms with van der Waals surface area (Å²) in [4.78, 5) is 24.1. The van der Waals surface area contributed by atoms with Gasteiger partial charge < -0.3 is 15.1 Å². The molecule has 0 saturated carbocycles. The summed E-state index contributed by atoms with van der Waals surface area (Å²) in [7, 11) is 3.68. The van der Waals surface area contributed by atoms with Crippen LogP contribution in [0.1, 0.15) is 12.5 Å². The lowest BCUT2D eigenvalue weighted by molar-refractivity contribution is -0.129. The summed E-state index contributed by atoms with van der Waals surface area (Å²) in [6.07, 6.45) is 2.38. The monoisotopic (exact) mass is 249 g/mol. The van der Waals surface area contributed by atoms with Gasteiger partial charge in [-0.25, -0.2) is 9.97 Å². The largest absolute Gasteiger partial charge is 0.373 e. The molecular weight excluding hydrogens is 230 g/mol. The number of anilines is 2. The van der Waals surface area contributed by atoms with Crippen LogP contribution >= 0.6 is 0 Å². The molecule has 0 unspecified atom stereocenters. The maximum Gasteiger partial charge on any atom is 0.241 e. The van der Waals surface area contributed by atoms with Crippen molar-refractivity contribution < 1.29 is 4.79 Å². The number of amides is 1. The van der Waals surface area contributed by atoms with Crippen molar-refractivity contribution in [3.05, 3.63) is 11.9 Å². The van der Waals surface area contributed by atoms with Gasteiger partial charge in [0.1, 0.15) is 18.0 Å². The predicted molar refractivity (Wildman–Crippen MR) is 70.8 cm³/mol. The number of piperazine rings is 1. The van der Waals surface area contributed by atoms with Crippen LogP contribution in [0.15, 0.2) is 6.33 Å². The highest BCUT2D eigenvalue weighted by atomic mass is 16.2. The second kappa shape index (κ2) is 5.20. The highest BCUT2D eigenvalue weighted by Gasteiger charge is 2.24. The normalized spacial score (nSPS) is 16.1. The molecule has 1 fully saturated rings. The number of carbonyl (C=O) groups excluding carboxylic acids is 1. The Morgan fingerprint density at radius 2 is 2.17 bits per heavy atom. The van der Waals surface area contributed by atoms with E-state index in [0.29, 0.717) is 6.54 Å². The molecule has 0 aromatic carbocycles. The van der Waals surface area contributed by atoms with Gasteiger partial charge in [-0.1, -0.05) is 6.92 Å². The third kappa shape index (κ3) is 2.23. The summed E-state index contributed by atoms with van der Waals surface area (Å²) in [5.41, 5.74) is 1.07. The van der Waals surface area contributed by atoms with Crippen LogP contribution in [0.4, 0.5) is 11.6 Å². The summed E-state index contributed by atoms with van der Waals surface area (Å²) in [5.74, 6) is 1.85. The van der Waals surface area contributed by atoms with Crippen molar-refractivity contribution in [2.24, 2.45) is 0 Å². The summed E-state index contributed by atoms with van der Waals surface area (Å²) in [6, 6.07) is 0. The van der Waals surface area contributed by atoms with Crippen molar-refractivity contribution >= 4 is 17.5 Å². The number of hydrogen-bond acceptors (Lipinski definition) is 5. The Labute approximate surface area is 107 Å². The van der Waals surface area contributed by atoms with E-state index in [1.54, 1.807) is 11.2 Å². The first-order chi connectivity index (χ1) is 8.67. The molecule has 0 aliphatic carbocycles. The minimum Gasteiger partial charge on any atom is -0.373 e. The van der Waals surface area contributed by atoms with Gasteiger partial charge in [0.15, 0.2) is 0 Å². The highest BCUT2D eigenvalue weighted by Crippen LogP contribution is 2.24. The van der Waals surface area contributed by atoms with Crippen molar-refractivity contribution in [3.8, 4) is 0 Å². The number of nitrogens with one attached hydrogen (secondary N) is 1. The number of rotatable bonds is 3. The minimum absolute atomic E-state index is 0.132. The molecule has 6 heteroatoms. The lowest BCUT2D eigenvalue weighted by Gasteiger charge is -2.33. The first-order valence-corrected chi connectivity index (χ1v) is 6.18. The van der Waals surface area contributed by atoms with Crippen molar-refractivity contribution in [2.75, 3.05) is 43.9 Å². The van der Waals surface area contributed by atoms with Gasteiger partial charge in [-0.15, -0.1) is 0 Å². The quantitative estimate of drug-likeness (QED) is 0.838. The fourth-order valence-corrected chi connectivity index (χ4v) is 2.16. The molecule has 1 aromatic heterocycles. The van der Waals surface area contributed by atoms with Gasteiger partial charge in [-0.05, 0) is 6.42 Å². The van der Waals surface area contributed by atoms with Gasteiger partial charge in [0.05, 0.1) is 6.54 Å². The predicted octanol–water partition coefficient (Wildman–Crippen LogP) is 0.359. The van der Waals surface area contributed by atoms with Crippen molar-refractivity contribution in [2.45, 2.75) is 13.3 Å². The zero-order valence-corrected chi connectivity index (χ0v) is 11.1. The first-order valence-electron chi connectivity index (χ1n) is 6.18. The fourth-order valence-electron chi connectivity index (χ4n) is 2.16. The molecule has 1 saturated heterocycles. The average Bonchev–Trinajstić information content (AvgIpc) is 2.40. The smallest absolute Gasteiger partial charge is 0.241 e. The molecule has 0 bridgehead atoms. The van der Waals surface area contributed by atoms with E-state index in [1.165, 1.54) is 0 Å². The average molecular weight is 249 g/mol. The summed E-state index contributed by atoms with van der Waals surface area (Å²) < 4.78 is 0. The van der Waals surface area contributed by atoms with E-state index in [4.69, 9.17) is 0 Å². The fraction of sp³-hybridized carbons (Fsp3) is 0.583. The Kier molecular flexibility index (Phi) is 3.64.